The van der Waals surface area contributed by atoms with Gasteiger partial charge in [-0.3, -0.25) is 14.4 Å². The summed E-state index contributed by atoms with van der Waals surface area (Å²) in [6, 6.07) is 7.80. The van der Waals surface area contributed by atoms with Crippen LogP contribution in [0.4, 0.5) is 39.0 Å². The number of hydrogen-bond acceptors (Lipinski definition) is 5. The van der Waals surface area contributed by atoms with E-state index in [2.05, 4.69) is 10.6 Å². The molecule has 4 rings (SSSR count). The molecule has 3 amide bonds. The van der Waals surface area contributed by atoms with Crippen LogP contribution >= 0.6 is 69.6 Å². The molecule has 1 saturated carbocycles. The fourth-order valence-corrected chi connectivity index (χ4v) is 6.73. The third-order valence-corrected chi connectivity index (χ3v) is 11.2. The van der Waals surface area contributed by atoms with Gasteiger partial charge in [0.1, 0.15) is 21.1 Å². The summed E-state index contributed by atoms with van der Waals surface area (Å²) in [5.41, 5.74) is -7.83. The number of sulfone groups is 1. The van der Waals surface area contributed by atoms with Gasteiger partial charge in [-0.05, 0) is 55.0 Å². The van der Waals surface area contributed by atoms with Crippen molar-refractivity contribution in [1.82, 2.24) is 0 Å². The molecule has 1 fully saturated rings. The van der Waals surface area contributed by atoms with Gasteiger partial charge in [0.05, 0.1) is 37.3 Å². The van der Waals surface area contributed by atoms with Crippen LogP contribution in [0.15, 0.2) is 42.5 Å². The van der Waals surface area contributed by atoms with Gasteiger partial charge in [-0.25, -0.2) is 17.2 Å². The lowest BCUT2D eigenvalue weighted by molar-refractivity contribution is -0.117. The molecule has 0 radical (unpaired) electrons. The van der Waals surface area contributed by atoms with Gasteiger partial charge in [0.2, 0.25) is 11.8 Å². The van der Waals surface area contributed by atoms with Gasteiger partial charge in [0.25, 0.3) is 15.7 Å². The van der Waals surface area contributed by atoms with Crippen LogP contribution in [0.3, 0.4) is 0 Å². The highest BCUT2D eigenvalue weighted by atomic mass is 35.5. The maximum Gasteiger partial charge on any atom is 0.498 e. The summed E-state index contributed by atoms with van der Waals surface area (Å²) in [6.45, 7) is 0.375. The van der Waals surface area contributed by atoms with Crippen LogP contribution in [0, 0.1) is 17.6 Å². The molecule has 3 aromatic rings. The zero-order chi connectivity index (χ0) is 35.4. The Labute approximate surface area is 292 Å². The molecule has 0 heterocycles. The third kappa shape index (κ3) is 7.38. The number of alkyl halides is 5. The van der Waals surface area contributed by atoms with Crippen LogP contribution in [0.1, 0.15) is 28.8 Å². The number of benzene rings is 3. The number of hydrogen-bond donors (Lipinski definition) is 3. The van der Waals surface area contributed by atoms with Crippen molar-refractivity contribution in [3.8, 4) is 0 Å². The zero-order valence-electron chi connectivity index (χ0n) is 22.9. The first kappa shape index (κ1) is 37.2. The van der Waals surface area contributed by atoms with E-state index in [1.807, 2.05) is 0 Å². The van der Waals surface area contributed by atoms with Crippen molar-refractivity contribution in [1.29, 1.82) is 0 Å². The van der Waals surface area contributed by atoms with Crippen molar-refractivity contribution in [2.24, 2.45) is 5.92 Å². The highest BCUT2D eigenvalue weighted by Gasteiger charge is 2.67. The Morgan fingerprint density at radius 2 is 1.47 bits per heavy atom. The lowest BCUT2D eigenvalue weighted by atomic mass is 10.1. The van der Waals surface area contributed by atoms with E-state index in [1.54, 1.807) is 0 Å². The monoisotopic (exact) mass is 799 g/mol. The van der Waals surface area contributed by atoms with Crippen LogP contribution in [0.2, 0.25) is 20.1 Å². The number of anilines is 3. The molecule has 0 spiro atoms. The van der Waals surface area contributed by atoms with Gasteiger partial charge in [-0.2, -0.15) is 13.2 Å². The largest absolute Gasteiger partial charge is 0.498 e. The standard InChI is InChI=1S/C27H16Cl6F5N3O5S/c1-9(47(45,46)27(36,37)38)23(42)41-22-16(34)4-5-17(21(22)35)40-24(43)12-8-11(2-3-13(12)28)39-25(44)19-18(26(19,32)33)10-6-14(29)20(31)15(30)7-10/h2-9,18-19H,1H3,(H,39,44)(H,40,43)(H,41,42)/t9?,18-,19+/m0/s1. The van der Waals surface area contributed by atoms with E-state index in [1.165, 1.54) is 29.6 Å². The average molecular weight is 802 g/mol. The van der Waals surface area contributed by atoms with Gasteiger partial charge in [0.15, 0.2) is 5.82 Å². The van der Waals surface area contributed by atoms with Gasteiger partial charge in [-0.15, -0.1) is 23.2 Å². The van der Waals surface area contributed by atoms with Crippen molar-refractivity contribution in [2.45, 2.75) is 27.9 Å². The summed E-state index contributed by atoms with van der Waals surface area (Å²) < 4.78 is 89.5. The SMILES string of the molecule is CC(C(=O)Nc1c(F)ccc(NC(=O)c2cc(NC(=O)[C@H]3[C@H](c4cc(Cl)c(Cl)c(Cl)c4)C3(Cl)Cl)ccc2Cl)c1F)S(=O)(=O)C(F)(F)F. The van der Waals surface area contributed by atoms with Gasteiger partial charge in [-0.1, -0.05) is 46.4 Å². The van der Waals surface area contributed by atoms with Crippen molar-refractivity contribution in [3.63, 3.8) is 0 Å². The van der Waals surface area contributed by atoms with Crippen molar-refractivity contribution in [2.75, 3.05) is 16.0 Å². The summed E-state index contributed by atoms with van der Waals surface area (Å²) in [4.78, 5) is 38.3. The maximum atomic E-state index is 15.2. The average Bonchev–Trinajstić information content (AvgIpc) is 3.56. The van der Waals surface area contributed by atoms with E-state index in [4.69, 9.17) is 69.6 Å². The molecule has 0 aromatic heterocycles. The Hall–Kier alpha value is -2.59. The van der Waals surface area contributed by atoms with Gasteiger partial charge in [0, 0.05) is 11.6 Å². The maximum absolute atomic E-state index is 15.2. The highest BCUT2D eigenvalue weighted by Crippen LogP contribution is 2.65. The second-order valence-electron chi connectivity index (χ2n) is 9.97. The predicted octanol–water partition coefficient (Wildman–Crippen LogP) is 8.62. The van der Waals surface area contributed by atoms with Gasteiger partial charge < -0.3 is 16.0 Å². The summed E-state index contributed by atoms with van der Waals surface area (Å²) in [5, 5.41) is 3.39. The Morgan fingerprint density at radius 3 is 2.04 bits per heavy atom. The van der Waals surface area contributed by atoms with Crippen LogP contribution in [-0.2, 0) is 19.4 Å². The number of halogens is 11. The molecule has 3 aromatic carbocycles. The minimum Gasteiger partial charge on any atom is -0.326 e. The van der Waals surface area contributed by atoms with Crippen LogP contribution in [0.5, 0.6) is 0 Å². The molecule has 1 aliphatic rings. The van der Waals surface area contributed by atoms with Gasteiger partial charge >= 0.3 is 5.51 Å². The number of nitrogens with one attached hydrogen (secondary N) is 3. The van der Waals surface area contributed by atoms with E-state index in [0.717, 1.165) is 12.1 Å². The Kier molecular flexibility index (Phi) is 10.6. The zero-order valence-corrected chi connectivity index (χ0v) is 28.2. The predicted molar refractivity (Wildman–Crippen MR) is 170 cm³/mol. The molecular weight excluding hydrogens is 786 g/mol. The number of rotatable bonds is 8. The van der Waals surface area contributed by atoms with E-state index < -0.39 is 77.5 Å². The second kappa shape index (κ2) is 13.4. The van der Waals surface area contributed by atoms with E-state index >= 15 is 4.39 Å². The smallest absolute Gasteiger partial charge is 0.326 e. The molecule has 252 valence electrons. The summed E-state index contributed by atoms with van der Waals surface area (Å²) in [6.07, 6.45) is 0. The topological polar surface area (TPSA) is 121 Å². The Morgan fingerprint density at radius 1 is 0.872 bits per heavy atom. The van der Waals surface area contributed by atoms with Crippen molar-refractivity contribution < 1.29 is 44.8 Å². The second-order valence-corrected chi connectivity index (χ2v) is 15.3. The molecule has 3 atom stereocenters. The molecule has 0 aliphatic heterocycles. The van der Waals surface area contributed by atoms with Crippen LogP contribution < -0.4 is 16.0 Å². The molecule has 3 N–H and O–H groups in total. The number of carbonyl (C=O) groups is 3. The van der Waals surface area contributed by atoms with Crippen LogP contribution in [-0.4, -0.2) is 41.2 Å². The van der Waals surface area contributed by atoms with Crippen molar-refractivity contribution >= 4 is 114 Å². The first-order chi connectivity index (χ1) is 21.6. The van der Waals surface area contributed by atoms with Crippen LogP contribution in [0.25, 0.3) is 0 Å². The summed E-state index contributed by atoms with van der Waals surface area (Å²) >= 11 is 37.0. The summed E-state index contributed by atoms with van der Waals surface area (Å²) in [7, 11) is -6.04. The fraction of sp³-hybridized carbons (Fsp3) is 0.222. The molecule has 0 saturated heterocycles. The lowest BCUT2D eigenvalue weighted by Gasteiger charge is -2.17. The summed E-state index contributed by atoms with van der Waals surface area (Å²) in [5.74, 6) is -8.60. The minimum atomic E-state index is -6.04. The lowest BCUT2D eigenvalue weighted by Crippen LogP contribution is -2.40. The quantitative estimate of drug-likeness (QED) is 0.120. The normalized spacial score (nSPS) is 17.9. The molecule has 1 aliphatic carbocycles. The first-order valence-corrected chi connectivity index (χ1v) is 16.4. The van der Waals surface area contributed by atoms with E-state index in [9.17, 15) is 40.4 Å². The third-order valence-electron chi connectivity index (χ3n) is 6.92. The first-order valence-electron chi connectivity index (χ1n) is 12.6. The van der Waals surface area contributed by atoms with E-state index in [-0.39, 0.29) is 31.3 Å². The number of amides is 3. The molecular formula is C27H16Cl6F5N3O5S. The molecule has 1 unspecified atom stereocenters. The molecule has 47 heavy (non-hydrogen) atoms. The minimum absolute atomic E-state index is 0.0129. The Bertz CT molecular complexity index is 1910. The van der Waals surface area contributed by atoms with Crippen molar-refractivity contribution in [3.05, 3.63) is 85.3 Å². The molecule has 8 nitrogen and oxygen atoms in total. The Balaban J connectivity index is 1.52. The molecule has 20 heteroatoms. The highest BCUT2D eigenvalue weighted by molar-refractivity contribution is 7.93. The molecule has 0 bridgehead atoms. The number of carbonyl (C=O) groups excluding carboxylic acids is 3. The van der Waals surface area contributed by atoms with E-state index in [0.29, 0.717) is 18.6 Å². The fourth-order valence-electron chi connectivity index (χ4n) is 4.34.